The molecule has 1 heterocycles. The zero-order valence-corrected chi connectivity index (χ0v) is 17.0. The van der Waals surface area contributed by atoms with E-state index in [1.54, 1.807) is 0 Å². The number of ether oxygens (including phenoxy) is 2. The van der Waals surface area contributed by atoms with E-state index < -0.39 is 5.60 Å². The van der Waals surface area contributed by atoms with Gasteiger partial charge in [-0.15, -0.1) is 0 Å². The largest absolute Gasteiger partial charge is 0.452 e. The van der Waals surface area contributed by atoms with Gasteiger partial charge >= 0.3 is 5.97 Å². The summed E-state index contributed by atoms with van der Waals surface area (Å²) < 4.78 is 11.6. The topological polar surface area (TPSA) is 35.5 Å². The summed E-state index contributed by atoms with van der Waals surface area (Å²) in [6.45, 7) is 3.23. The van der Waals surface area contributed by atoms with Crippen LogP contribution >= 0.6 is 0 Å². The van der Waals surface area contributed by atoms with Gasteiger partial charge in [-0.3, -0.25) is 4.79 Å². The molecule has 3 nitrogen and oxygen atoms in total. The van der Waals surface area contributed by atoms with Crippen LogP contribution in [0.25, 0.3) is 0 Å². The van der Waals surface area contributed by atoms with Gasteiger partial charge in [-0.25, -0.2) is 0 Å². The lowest BCUT2D eigenvalue weighted by Crippen LogP contribution is -2.40. The van der Waals surface area contributed by atoms with Crippen LogP contribution in [-0.2, 0) is 20.9 Å². The van der Waals surface area contributed by atoms with E-state index in [9.17, 15) is 4.79 Å². The molecule has 0 aliphatic carbocycles. The molecule has 2 rings (SSSR count). The van der Waals surface area contributed by atoms with Gasteiger partial charge in [0.1, 0.15) is 0 Å². The first-order valence-electron chi connectivity index (χ1n) is 10.8. The van der Waals surface area contributed by atoms with Gasteiger partial charge in [-0.05, 0) is 24.5 Å². The van der Waals surface area contributed by atoms with Crippen LogP contribution in [0, 0.1) is 0 Å². The third-order valence-electron chi connectivity index (χ3n) is 5.18. The highest BCUT2D eigenvalue weighted by Crippen LogP contribution is 2.27. The molecular formula is C24H36O3. The van der Waals surface area contributed by atoms with E-state index in [1.165, 1.54) is 51.4 Å². The molecule has 0 saturated heterocycles. The van der Waals surface area contributed by atoms with Gasteiger partial charge in [0.05, 0.1) is 19.6 Å². The summed E-state index contributed by atoms with van der Waals surface area (Å²) in [5.74, 6) is -0.142. The lowest BCUT2D eigenvalue weighted by molar-refractivity contribution is -0.162. The Morgan fingerprint density at radius 3 is 2.30 bits per heavy atom. The second kappa shape index (κ2) is 12.7. The summed E-state index contributed by atoms with van der Waals surface area (Å²) in [5, 5.41) is 0. The zero-order valence-electron chi connectivity index (χ0n) is 17.0. The molecule has 150 valence electrons. The average Bonchev–Trinajstić information content (AvgIpc) is 2.68. The summed E-state index contributed by atoms with van der Waals surface area (Å²) in [6.07, 6.45) is 16.8. The van der Waals surface area contributed by atoms with E-state index in [0.717, 1.165) is 18.4 Å². The molecule has 0 N–H and O–H groups in total. The van der Waals surface area contributed by atoms with E-state index in [1.807, 2.05) is 30.4 Å². The van der Waals surface area contributed by atoms with Crippen molar-refractivity contribution in [2.24, 2.45) is 0 Å². The van der Waals surface area contributed by atoms with E-state index in [-0.39, 0.29) is 5.97 Å². The highest BCUT2D eigenvalue weighted by atomic mass is 16.6. The Morgan fingerprint density at radius 2 is 1.63 bits per heavy atom. The molecule has 0 unspecified atom stereocenters. The molecule has 0 radical (unpaired) electrons. The number of esters is 1. The van der Waals surface area contributed by atoms with Crippen molar-refractivity contribution in [1.29, 1.82) is 0 Å². The predicted molar refractivity (Wildman–Crippen MR) is 111 cm³/mol. The first-order valence-corrected chi connectivity index (χ1v) is 10.8. The van der Waals surface area contributed by atoms with E-state index in [4.69, 9.17) is 9.47 Å². The van der Waals surface area contributed by atoms with Crippen molar-refractivity contribution in [1.82, 2.24) is 0 Å². The Labute approximate surface area is 165 Å². The highest BCUT2D eigenvalue weighted by molar-refractivity contribution is 5.73. The van der Waals surface area contributed by atoms with Crippen LogP contribution in [0.3, 0.4) is 0 Å². The lowest BCUT2D eigenvalue weighted by Gasteiger charge is -2.33. The van der Waals surface area contributed by atoms with Crippen LogP contribution in [0.2, 0.25) is 0 Å². The maximum absolute atomic E-state index is 11.8. The molecule has 0 spiro atoms. The van der Waals surface area contributed by atoms with Gasteiger partial charge in [0, 0.05) is 0 Å². The number of cyclic esters (lactones) is 1. The van der Waals surface area contributed by atoms with Crippen LogP contribution in [0.4, 0.5) is 0 Å². The van der Waals surface area contributed by atoms with Crippen molar-refractivity contribution in [3.05, 3.63) is 48.0 Å². The van der Waals surface area contributed by atoms with Crippen LogP contribution in [0.1, 0.15) is 83.1 Å². The SMILES string of the molecule is CCCCCCCCCCC[C@@]1(COCc2ccccc2)C=CCC(=O)O1. The fraction of sp³-hybridized carbons (Fsp3) is 0.625. The number of hydrogen-bond donors (Lipinski definition) is 0. The zero-order chi connectivity index (χ0) is 19.2. The Balaban J connectivity index is 1.69. The van der Waals surface area contributed by atoms with E-state index >= 15 is 0 Å². The number of hydrogen-bond acceptors (Lipinski definition) is 3. The van der Waals surface area contributed by atoms with Crippen molar-refractivity contribution in [3.63, 3.8) is 0 Å². The molecule has 1 aromatic rings. The van der Waals surface area contributed by atoms with Crippen LogP contribution in [0.15, 0.2) is 42.5 Å². The third-order valence-corrected chi connectivity index (χ3v) is 5.18. The lowest BCUT2D eigenvalue weighted by atomic mass is 9.93. The molecule has 0 aromatic heterocycles. The molecule has 1 aromatic carbocycles. The molecule has 0 saturated carbocycles. The molecule has 1 aliphatic rings. The molecule has 3 heteroatoms. The number of carbonyl (C=O) groups excluding carboxylic acids is 1. The molecule has 1 aliphatic heterocycles. The average molecular weight is 373 g/mol. The van der Waals surface area contributed by atoms with Gasteiger partial charge in [0.15, 0.2) is 5.60 Å². The second-order valence-corrected chi connectivity index (χ2v) is 7.70. The number of rotatable bonds is 14. The molecule has 0 fully saturated rings. The first-order chi connectivity index (χ1) is 13.2. The monoisotopic (exact) mass is 372 g/mol. The van der Waals surface area contributed by atoms with Crippen LogP contribution < -0.4 is 0 Å². The molecule has 0 amide bonds. The van der Waals surface area contributed by atoms with Crippen molar-refractivity contribution in [2.75, 3.05) is 6.61 Å². The standard InChI is InChI=1S/C24H36O3/c1-2-3-4-5-6-7-8-9-13-18-24(19-14-17-23(25)27-24)21-26-20-22-15-11-10-12-16-22/h10-12,14-16,19H,2-9,13,17-18,20-21H2,1H3/t24-/m0/s1. The van der Waals surface area contributed by atoms with Gasteiger partial charge in [0.2, 0.25) is 0 Å². The highest BCUT2D eigenvalue weighted by Gasteiger charge is 2.33. The summed E-state index contributed by atoms with van der Waals surface area (Å²) in [6, 6.07) is 10.1. The van der Waals surface area contributed by atoms with Gasteiger partial charge in [-0.2, -0.15) is 0 Å². The predicted octanol–water partition coefficient (Wildman–Crippen LogP) is 6.37. The minimum absolute atomic E-state index is 0.142. The quantitative estimate of drug-likeness (QED) is 0.216. The van der Waals surface area contributed by atoms with Gasteiger partial charge in [-0.1, -0.05) is 94.7 Å². The van der Waals surface area contributed by atoms with E-state index in [0.29, 0.717) is 19.6 Å². The minimum atomic E-state index is -0.578. The smallest absolute Gasteiger partial charge is 0.310 e. The number of carbonyl (C=O) groups is 1. The Kier molecular flexibility index (Phi) is 10.2. The van der Waals surface area contributed by atoms with Crippen molar-refractivity contribution < 1.29 is 14.3 Å². The summed E-state index contributed by atoms with van der Waals surface area (Å²) in [4.78, 5) is 11.8. The molecular weight excluding hydrogens is 336 g/mol. The van der Waals surface area contributed by atoms with Crippen molar-refractivity contribution >= 4 is 5.97 Å². The van der Waals surface area contributed by atoms with Gasteiger partial charge < -0.3 is 9.47 Å². The Hall–Kier alpha value is -1.61. The Bertz CT molecular complexity index is 552. The maximum Gasteiger partial charge on any atom is 0.310 e. The van der Waals surface area contributed by atoms with E-state index in [2.05, 4.69) is 19.1 Å². The second-order valence-electron chi connectivity index (χ2n) is 7.70. The minimum Gasteiger partial charge on any atom is -0.452 e. The van der Waals surface area contributed by atoms with Crippen molar-refractivity contribution in [2.45, 2.75) is 89.8 Å². The third kappa shape index (κ3) is 8.75. The molecule has 0 bridgehead atoms. The maximum atomic E-state index is 11.8. The summed E-state index contributed by atoms with van der Waals surface area (Å²) >= 11 is 0. The fourth-order valence-corrected chi connectivity index (χ4v) is 3.61. The number of benzene rings is 1. The normalized spacial score (nSPS) is 19.2. The van der Waals surface area contributed by atoms with Crippen LogP contribution in [0.5, 0.6) is 0 Å². The summed E-state index contributed by atoms with van der Waals surface area (Å²) in [5.41, 5.74) is 0.562. The number of unbranched alkanes of at least 4 members (excludes halogenated alkanes) is 8. The fourth-order valence-electron chi connectivity index (χ4n) is 3.61. The molecule has 1 atom stereocenters. The van der Waals surface area contributed by atoms with Crippen molar-refractivity contribution in [3.8, 4) is 0 Å². The Morgan fingerprint density at radius 1 is 0.963 bits per heavy atom. The summed E-state index contributed by atoms with van der Waals surface area (Å²) in [7, 11) is 0. The first kappa shape index (κ1) is 21.7. The molecule has 27 heavy (non-hydrogen) atoms. The van der Waals surface area contributed by atoms with Gasteiger partial charge in [0.25, 0.3) is 0 Å². The van der Waals surface area contributed by atoms with Crippen LogP contribution in [-0.4, -0.2) is 18.2 Å².